The highest BCUT2D eigenvalue weighted by Crippen LogP contribution is 2.34. The second-order valence-electron chi connectivity index (χ2n) is 5.97. The molecule has 0 saturated heterocycles. The summed E-state index contributed by atoms with van der Waals surface area (Å²) in [4.78, 5) is 27.0. The fraction of sp³-hybridized carbons (Fsp3) is 0.200. The molecule has 0 bridgehead atoms. The summed E-state index contributed by atoms with van der Waals surface area (Å²) >= 11 is 11.9. The number of nitrogens with zero attached hydrogens (tertiary/aromatic N) is 1. The number of urea groups is 1. The zero-order chi connectivity index (χ0) is 19.6. The lowest BCUT2D eigenvalue weighted by Crippen LogP contribution is -2.48. The van der Waals surface area contributed by atoms with Gasteiger partial charge in [-0.2, -0.15) is 0 Å². The Morgan fingerprint density at radius 3 is 2.19 bits per heavy atom. The molecule has 0 unspecified atom stereocenters. The van der Waals surface area contributed by atoms with Crippen molar-refractivity contribution in [2.75, 3.05) is 11.5 Å². The summed E-state index contributed by atoms with van der Waals surface area (Å²) in [6.45, 7) is 3.70. The summed E-state index contributed by atoms with van der Waals surface area (Å²) in [6.07, 6.45) is 0. The van der Waals surface area contributed by atoms with Crippen LogP contribution in [0.5, 0.6) is 0 Å². The lowest BCUT2D eigenvalue weighted by molar-refractivity contribution is -0.139. The third-order valence-corrected chi connectivity index (χ3v) is 4.77. The first-order valence-corrected chi connectivity index (χ1v) is 9.17. The van der Waals surface area contributed by atoms with Crippen molar-refractivity contribution in [3.8, 4) is 0 Å². The van der Waals surface area contributed by atoms with E-state index in [1.54, 1.807) is 62.4 Å². The summed E-state index contributed by atoms with van der Waals surface area (Å²) in [5.41, 5.74) is 2.21. The SMILES string of the molecule is CCOC(=O)C1=C(C)N(c2ccc(Cl)cc2)C(=O)N[C@@H]1c1ccc(Cl)cc1. The maximum Gasteiger partial charge on any atom is 0.338 e. The number of allylic oxidation sites excluding steroid dienone is 1. The van der Waals surface area contributed by atoms with Gasteiger partial charge in [0.25, 0.3) is 0 Å². The first-order valence-electron chi connectivity index (χ1n) is 8.42. The van der Waals surface area contributed by atoms with Gasteiger partial charge in [0.05, 0.1) is 23.9 Å². The van der Waals surface area contributed by atoms with Gasteiger partial charge >= 0.3 is 12.0 Å². The number of ether oxygens (including phenoxy) is 1. The molecule has 0 fully saturated rings. The molecule has 1 N–H and O–H groups in total. The van der Waals surface area contributed by atoms with Crippen molar-refractivity contribution in [3.63, 3.8) is 0 Å². The molecule has 140 valence electrons. The van der Waals surface area contributed by atoms with E-state index in [2.05, 4.69) is 5.32 Å². The number of nitrogens with one attached hydrogen (secondary N) is 1. The highest BCUT2D eigenvalue weighted by atomic mass is 35.5. The van der Waals surface area contributed by atoms with Gasteiger partial charge in [0, 0.05) is 15.7 Å². The van der Waals surface area contributed by atoms with Crippen LogP contribution in [0.25, 0.3) is 0 Å². The molecule has 0 radical (unpaired) electrons. The lowest BCUT2D eigenvalue weighted by Gasteiger charge is -2.35. The van der Waals surface area contributed by atoms with Gasteiger partial charge in [-0.25, -0.2) is 9.59 Å². The summed E-state index contributed by atoms with van der Waals surface area (Å²) in [5.74, 6) is -0.478. The molecule has 2 amide bonds. The van der Waals surface area contributed by atoms with Crippen LogP contribution in [0.2, 0.25) is 10.0 Å². The predicted octanol–water partition coefficient (Wildman–Crippen LogP) is 5.10. The van der Waals surface area contributed by atoms with Crippen LogP contribution >= 0.6 is 23.2 Å². The number of rotatable bonds is 4. The molecule has 2 aromatic carbocycles. The average Bonchev–Trinajstić information content (AvgIpc) is 2.63. The number of halogens is 2. The van der Waals surface area contributed by atoms with Crippen molar-refractivity contribution in [2.24, 2.45) is 0 Å². The molecule has 3 rings (SSSR count). The van der Waals surface area contributed by atoms with Crippen LogP contribution in [0.1, 0.15) is 25.5 Å². The molecular weight excluding hydrogens is 387 g/mol. The normalized spacial score (nSPS) is 17.0. The molecule has 1 atom stereocenters. The number of benzene rings is 2. The van der Waals surface area contributed by atoms with Crippen LogP contribution < -0.4 is 10.2 Å². The van der Waals surface area contributed by atoms with Crippen LogP contribution in [0.3, 0.4) is 0 Å². The lowest BCUT2D eigenvalue weighted by atomic mass is 9.94. The van der Waals surface area contributed by atoms with E-state index in [-0.39, 0.29) is 12.6 Å². The van der Waals surface area contributed by atoms with Crippen molar-refractivity contribution >= 4 is 40.9 Å². The molecule has 1 aliphatic rings. The minimum absolute atomic E-state index is 0.234. The zero-order valence-corrected chi connectivity index (χ0v) is 16.3. The van der Waals surface area contributed by atoms with Crippen molar-refractivity contribution in [1.29, 1.82) is 0 Å². The topological polar surface area (TPSA) is 58.6 Å². The van der Waals surface area contributed by atoms with Gasteiger partial charge < -0.3 is 10.1 Å². The summed E-state index contributed by atoms with van der Waals surface area (Å²) < 4.78 is 5.24. The maximum absolute atomic E-state index is 12.8. The third kappa shape index (κ3) is 3.94. The zero-order valence-electron chi connectivity index (χ0n) is 14.8. The molecule has 1 heterocycles. The molecule has 0 aliphatic carbocycles. The molecule has 7 heteroatoms. The number of carbonyl (C=O) groups is 2. The van der Waals surface area contributed by atoms with E-state index in [1.165, 1.54) is 4.90 Å². The Labute approximate surface area is 167 Å². The van der Waals surface area contributed by atoms with E-state index in [4.69, 9.17) is 27.9 Å². The van der Waals surface area contributed by atoms with E-state index in [9.17, 15) is 9.59 Å². The average molecular weight is 405 g/mol. The molecule has 1 aliphatic heterocycles. The van der Waals surface area contributed by atoms with Crippen LogP contribution in [0, 0.1) is 0 Å². The summed E-state index contributed by atoms with van der Waals surface area (Å²) in [5, 5.41) is 4.02. The van der Waals surface area contributed by atoms with Crippen LogP contribution in [0.4, 0.5) is 10.5 Å². The molecule has 2 aromatic rings. The first kappa shape index (κ1) is 19.3. The van der Waals surface area contributed by atoms with Crippen molar-refractivity contribution < 1.29 is 14.3 Å². The largest absolute Gasteiger partial charge is 0.463 e. The Hall–Kier alpha value is -2.50. The highest BCUT2D eigenvalue weighted by molar-refractivity contribution is 6.30. The van der Waals surface area contributed by atoms with Gasteiger partial charge in [0.15, 0.2) is 0 Å². The van der Waals surface area contributed by atoms with Crippen molar-refractivity contribution in [1.82, 2.24) is 5.32 Å². The molecular formula is C20H18Cl2N2O3. The summed E-state index contributed by atoms with van der Waals surface area (Å²) in [7, 11) is 0. The smallest absolute Gasteiger partial charge is 0.338 e. The number of hydrogen-bond acceptors (Lipinski definition) is 3. The van der Waals surface area contributed by atoms with Gasteiger partial charge in [0.2, 0.25) is 0 Å². The second kappa shape index (κ2) is 8.03. The van der Waals surface area contributed by atoms with E-state index in [0.29, 0.717) is 27.0 Å². The number of carbonyl (C=O) groups excluding carboxylic acids is 2. The number of hydrogen-bond donors (Lipinski definition) is 1. The van der Waals surface area contributed by atoms with E-state index in [0.717, 1.165) is 5.56 Å². The minimum Gasteiger partial charge on any atom is -0.463 e. The van der Waals surface area contributed by atoms with Crippen LogP contribution in [0.15, 0.2) is 59.8 Å². The van der Waals surface area contributed by atoms with Crippen molar-refractivity contribution in [2.45, 2.75) is 19.9 Å². The Morgan fingerprint density at radius 1 is 1.07 bits per heavy atom. The minimum atomic E-state index is -0.627. The van der Waals surface area contributed by atoms with E-state index >= 15 is 0 Å². The Morgan fingerprint density at radius 2 is 1.63 bits per heavy atom. The highest BCUT2D eigenvalue weighted by Gasteiger charge is 2.37. The number of amides is 2. The van der Waals surface area contributed by atoms with E-state index in [1.807, 2.05) is 0 Å². The van der Waals surface area contributed by atoms with Gasteiger partial charge in [-0.3, -0.25) is 4.90 Å². The Bertz CT molecular complexity index is 892. The van der Waals surface area contributed by atoms with Crippen LogP contribution in [-0.4, -0.2) is 18.6 Å². The Balaban J connectivity index is 2.11. The quantitative estimate of drug-likeness (QED) is 0.720. The van der Waals surface area contributed by atoms with E-state index < -0.39 is 12.0 Å². The predicted molar refractivity (Wildman–Crippen MR) is 106 cm³/mol. The Kier molecular flexibility index (Phi) is 5.73. The third-order valence-electron chi connectivity index (χ3n) is 4.27. The molecule has 5 nitrogen and oxygen atoms in total. The second-order valence-corrected chi connectivity index (χ2v) is 6.84. The number of anilines is 1. The van der Waals surface area contributed by atoms with Gasteiger partial charge in [-0.05, 0) is 55.8 Å². The van der Waals surface area contributed by atoms with Crippen LogP contribution in [-0.2, 0) is 9.53 Å². The molecule has 27 heavy (non-hydrogen) atoms. The van der Waals surface area contributed by atoms with Gasteiger partial charge in [-0.1, -0.05) is 35.3 Å². The fourth-order valence-electron chi connectivity index (χ4n) is 3.02. The number of esters is 1. The van der Waals surface area contributed by atoms with Gasteiger partial charge in [0.1, 0.15) is 0 Å². The molecule has 0 saturated carbocycles. The summed E-state index contributed by atoms with van der Waals surface area (Å²) in [6, 6.07) is 12.8. The van der Waals surface area contributed by atoms with Gasteiger partial charge in [-0.15, -0.1) is 0 Å². The monoisotopic (exact) mass is 404 g/mol. The molecule has 0 aromatic heterocycles. The molecule has 0 spiro atoms. The maximum atomic E-state index is 12.8. The van der Waals surface area contributed by atoms with Crippen molar-refractivity contribution in [3.05, 3.63) is 75.4 Å². The first-order chi connectivity index (χ1) is 12.9. The standard InChI is InChI=1S/C20H18Cl2N2O3/c1-3-27-19(25)17-12(2)24(16-10-8-15(22)9-11-16)20(26)23-18(17)13-4-6-14(21)7-5-13/h4-11,18H,3H2,1-2H3,(H,23,26)/t18-/m1/s1. The fourth-order valence-corrected chi connectivity index (χ4v) is 3.27.